The number of aliphatic carboxylic acids is 2. The molecular formula is C11H18O4. The van der Waals surface area contributed by atoms with Crippen LogP contribution in [0.3, 0.4) is 0 Å². The number of rotatable bonds is 2. The highest BCUT2D eigenvalue weighted by molar-refractivity contribution is 5.70. The van der Waals surface area contributed by atoms with Gasteiger partial charge in [-0.05, 0) is 25.7 Å². The van der Waals surface area contributed by atoms with E-state index >= 15 is 0 Å². The highest BCUT2D eigenvalue weighted by atomic mass is 16.4. The van der Waals surface area contributed by atoms with Crippen LogP contribution in [-0.4, -0.2) is 22.2 Å². The Labute approximate surface area is 89.3 Å². The first-order chi connectivity index (χ1) is 7.11. The van der Waals surface area contributed by atoms with Crippen LogP contribution in [0.5, 0.6) is 0 Å². The SMILES string of the molecule is O=C(O)C1CCC1.O=C(O)C1CCCC1. The Balaban J connectivity index is 0.000000151. The molecule has 0 aliphatic heterocycles. The number of carboxylic acid groups (broad SMARTS) is 2. The van der Waals surface area contributed by atoms with Crippen molar-refractivity contribution in [3.8, 4) is 0 Å². The summed E-state index contributed by atoms with van der Waals surface area (Å²) in [5, 5.41) is 16.6. The summed E-state index contributed by atoms with van der Waals surface area (Å²) in [5.74, 6) is -1.25. The van der Waals surface area contributed by atoms with E-state index < -0.39 is 11.9 Å². The zero-order valence-electron chi connectivity index (χ0n) is 8.82. The summed E-state index contributed by atoms with van der Waals surface area (Å²) < 4.78 is 0. The molecule has 0 spiro atoms. The molecule has 0 bridgehead atoms. The van der Waals surface area contributed by atoms with Gasteiger partial charge in [0.05, 0.1) is 11.8 Å². The molecule has 86 valence electrons. The van der Waals surface area contributed by atoms with Crippen molar-refractivity contribution in [2.24, 2.45) is 11.8 Å². The van der Waals surface area contributed by atoms with Crippen molar-refractivity contribution >= 4 is 11.9 Å². The van der Waals surface area contributed by atoms with E-state index in [0.717, 1.165) is 44.9 Å². The summed E-state index contributed by atoms with van der Waals surface area (Å²) in [4.78, 5) is 20.2. The number of hydrogen-bond donors (Lipinski definition) is 2. The summed E-state index contributed by atoms with van der Waals surface area (Å²) in [6.45, 7) is 0. The van der Waals surface area contributed by atoms with E-state index in [1.54, 1.807) is 0 Å². The number of hydrogen-bond acceptors (Lipinski definition) is 2. The Kier molecular flexibility index (Phi) is 4.59. The van der Waals surface area contributed by atoms with E-state index in [4.69, 9.17) is 10.2 Å². The normalized spacial score (nSPS) is 21.3. The Hall–Kier alpha value is -1.06. The zero-order valence-corrected chi connectivity index (χ0v) is 8.82. The minimum Gasteiger partial charge on any atom is -0.481 e. The monoisotopic (exact) mass is 214 g/mol. The highest BCUT2D eigenvalue weighted by Gasteiger charge is 2.23. The van der Waals surface area contributed by atoms with Gasteiger partial charge in [0, 0.05) is 0 Å². The lowest BCUT2D eigenvalue weighted by atomic mass is 9.86. The summed E-state index contributed by atoms with van der Waals surface area (Å²) >= 11 is 0. The summed E-state index contributed by atoms with van der Waals surface area (Å²) in [7, 11) is 0. The fourth-order valence-corrected chi connectivity index (χ4v) is 1.83. The fourth-order valence-electron chi connectivity index (χ4n) is 1.83. The van der Waals surface area contributed by atoms with Crippen LogP contribution in [0.25, 0.3) is 0 Å². The molecule has 0 amide bonds. The van der Waals surface area contributed by atoms with Gasteiger partial charge in [-0.1, -0.05) is 19.3 Å². The van der Waals surface area contributed by atoms with Gasteiger partial charge in [0.2, 0.25) is 0 Å². The molecule has 15 heavy (non-hydrogen) atoms. The second-order valence-electron chi connectivity index (χ2n) is 4.29. The molecule has 2 aliphatic rings. The molecule has 2 saturated carbocycles. The third-order valence-corrected chi connectivity index (χ3v) is 3.16. The van der Waals surface area contributed by atoms with Crippen molar-refractivity contribution in [2.75, 3.05) is 0 Å². The number of carbonyl (C=O) groups is 2. The third-order valence-electron chi connectivity index (χ3n) is 3.16. The quantitative estimate of drug-likeness (QED) is 0.738. The molecule has 0 radical (unpaired) electrons. The summed E-state index contributed by atoms with van der Waals surface area (Å²) in [6.07, 6.45) is 6.92. The van der Waals surface area contributed by atoms with E-state index in [-0.39, 0.29) is 11.8 Å². The zero-order chi connectivity index (χ0) is 11.3. The molecule has 4 nitrogen and oxygen atoms in total. The largest absolute Gasteiger partial charge is 0.481 e. The van der Waals surface area contributed by atoms with Crippen LogP contribution in [0.4, 0.5) is 0 Å². The Morgan fingerprint density at radius 2 is 1.07 bits per heavy atom. The third kappa shape index (κ3) is 3.90. The Morgan fingerprint density at radius 3 is 1.20 bits per heavy atom. The van der Waals surface area contributed by atoms with Crippen LogP contribution < -0.4 is 0 Å². The molecular weight excluding hydrogens is 196 g/mol. The van der Waals surface area contributed by atoms with Gasteiger partial charge in [-0.3, -0.25) is 9.59 Å². The lowest BCUT2D eigenvalue weighted by Gasteiger charge is -2.19. The van der Waals surface area contributed by atoms with Crippen LogP contribution in [0.15, 0.2) is 0 Å². The average molecular weight is 214 g/mol. The van der Waals surface area contributed by atoms with Crippen molar-refractivity contribution in [2.45, 2.75) is 44.9 Å². The van der Waals surface area contributed by atoms with E-state index in [1.807, 2.05) is 0 Å². The number of carboxylic acids is 2. The maximum atomic E-state index is 10.2. The van der Waals surface area contributed by atoms with E-state index in [0.29, 0.717) is 0 Å². The first-order valence-corrected chi connectivity index (χ1v) is 5.57. The fraction of sp³-hybridized carbons (Fsp3) is 0.818. The second kappa shape index (κ2) is 5.73. The predicted octanol–water partition coefficient (Wildman–Crippen LogP) is 2.13. The summed E-state index contributed by atoms with van der Waals surface area (Å²) in [6, 6.07) is 0. The standard InChI is InChI=1S/C6H10O2.C5H8O2/c7-6(8)5-3-1-2-4-5;6-5(7)4-2-1-3-4/h5H,1-4H2,(H,7,8);4H,1-3H2,(H,6,7). The Morgan fingerprint density at radius 1 is 0.733 bits per heavy atom. The molecule has 0 aromatic rings. The van der Waals surface area contributed by atoms with Crippen molar-refractivity contribution in [1.29, 1.82) is 0 Å². The minimum atomic E-state index is -0.619. The van der Waals surface area contributed by atoms with E-state index in [1.165, 1.54) is 0 Å². The van der Waals surface area contributed by atoms with Gasteiger partial charge in [-0.25, -0.2) is 0 Å². The average Bonchev–Trinajstić information content (AvgIpc) is 2.51. The van der Waals surface area contributed by atoms with Crippen molar-refractivity contribution < 1.29 is 19.8 Å². The predicted molar refractivity (Wildman–Crippen MR) is 54.6 cm³/mol. The van der Waals surface area contributed by atoms with Crippen LogP contribution in [-0.2, 0) is 9.59 Å². The molecule has 2 aliphatic carbocycles. The van der Waals surface area contributed by atoms with Gasteiger partial charge < -0.3 is 10.2 Å². The van der Waals surface area contributed by atoms with Gasteiger partial charge in [0.25, 0.3) is 0 Å². The Bertz CT molecular complexity index is 227. The molecule has 0 unspecified atom stereocenters. The van der Waals surface area contributed by atoms with Gasteiger partial charge >= 0.3 is 11.9 Å². The first kappa shape index (κ1) is 12.0. The molecule has 2 fully saturated rings. The van der Waals surface area contributed by atoms with Crippen molar-refractivity contribution in [3.05, 3.63) is 0 Å². The van der Waals surface area contributed by atoms with Crippen molar-refractivity contribution in [3.63, 3.8) is 0 Å². The van der Waals surface area contributed by atoms with Gasteiger partial charge in [-0.2, -0.15) is 0 Å². The maximum Gasteiger partial charge on any atom is 0.306 e. The molecule has 0 aromatic heterocycles. The van der Waals surface area contributed by atoms with Crippen molar-refractivity contribution in [1.82, 2.24) is 0 Å². The lowest BCUT2D eigenvalue weighted by molar-refractivity contribution is -0.144. The van der Waals surface area contributed by atoms with Crippen LogP contribution in [0.1, 0.15) is 44.9 Å². The molecule has 2 rings (SSSR count). The summed E-state index contributed by atoms with van der Waals surface area (Å²) in [5.41, 5.74) is 0. The molecule has 0 atom stereocenters. The van der Waals surface area contributed by atoms with Gasteiger partial charge in [0.1, 0.15) is 0 Å². The second-order valence-corrected chi connectivity index (χ2v) is 4.29. The molecule has 0 saturated heterocycles. The van der Waals surface area contributed by atoms with Crippen LogP contribution in [0.2, 0.25) is 0 Å². The van der Waals surface area contributed by atoms with E-state index in [9.17, 15) is 9.59 Å². The first-order valence-electron chi connectivity index (χ1n) is 5.57. The molecule has 4 heteroatoms. The smallest absolute Gasteiger partial charge is 0.306 e. The van der Waals surface area contributed by atoms with E-state index in [2.05, 4.69) is 0 Å². The minimum absolute atomic E-state index is 0.000000000000000444. The highest BCUT2D eigenvalue weighted by Crippen LogP contribution is 2.25. The molecule has 0 heterocycles. The topological polar surface area (TPSA) is 74.6 Å². The van der Waals surface area contributed by atoms with Gasteiger partial charge in [-0.15, -0.1) is 0 Å². The maximum absolute atomic E-state index is 10.2. The van der Waals surface area contributed by atoms with Crippen LogP contribution >= 0.6 is 0 Å². The molecule has 2 N–H and O–H groups in total. The van der Waals surface area contributed by atoms with Crippen LogP contribution in [0, 0.1) is 11.8 Å². The van der Waals surface area contributed by atoms with Gasteiger partial charge in [0.15, 0.2) is 0 Å². The molecule has 0 aromatic carbocycles. The lowest BCUT2D eigenvalue weighted by Crippen LogP contribution is -2.20.